The summed E-state index contributed by atoms with van der Waals surface area (Å²) >= 11 is 0. The number of hydrogen-bond donors (Lipinski definition) is 4. The zero-order chi connectivity index (χ0) is 47.9. The first kappa shape index (κ1) is 51.6. The van der Waals surface area contributed by atoms with Gasteiger partial charge in [0.2, 0.25) is 0 Å². The van der Waals surface area contributed by atoms with E-state index in [1.807, 2.05) is 0 Å². The normalized spacial score (nSPS) is 11.1. The highest BCUT2D eigenvalue weighted by atomic mass is 19.4. The van der Waals surface area contributed by atoms with Gasteiger partial charge in [-0.05, 0) is 109 Å². The fourth-order valence-electron chi connectivity index (χ4n) is 6.70. The number of carbonyl (C=O) groups excluding carboxylic acids is 2. The van der Waals surface area contributed by atoms with Gasteiger partial charge in [0.15, 0.2) is 0 Å². The summed E-state index contributed by atoms with van der Waals surface area (Å²) in [7, 11) is 0. The molecule has 2 aromatic heterocycles. The molecule has 20 heteroatoms. The number of urea groups is 2. The Morgan fingerprint density at radius 3 is 1.36 bits per heavy atom. The Morgan fingerprint density at radius 2 is 0.913 bits per heavy atom. The number of nitrogens with one attached hydrogen (secondary N) is 4. The average molecular weight is 959 g/mol. The maximum absolute atomic E-state index is 13.4. The number of benzene rings is 6. The minimum atomic E-state index is -4.55. The van der Waals surface area contributed by atoms with Crippen LogP contribution in [0.15, 0.2) is 155 Å². The lowest BCUT2D eigenvalue weighted by atomic mass is 10.2. The molecular formula is C49H42F8N8O4. The molecule has 69 heavy (non-hydrogen) atoms. The highest BCUT2D eigenvalue weighted by Gasteiger charge is 2.31. The number of amides is 4. The summed E-state index contributed by atoms with van der Waals surface area (Å²) in [5.74, 6) is -0.458. The van der Waals surface area contributed by atoms with Gasteiger partial charge in [-0.2, -0.15) is 26.3 Å². The van der Waals surface area contributed by atoms with E-state index in [-0.39, 0.29) is 57.1 Å². The molecule has 0 saturated carbocycles. The molecule has 0 radical (unpaired) electrons. The molecule has 12 nitrogen and oxygen atoms in total. The molecule has 358 valence electrons. The lowest BCUT2D eigenvalue weighted by Crippen LogP contribution is -2.32. The molecule has 0 aliphatic heterocycles. The van der Waals surface area contributed by atoms with Gasteiger partial charge in [-0.15, -0.1) is 0 Å². The standard InChI is InChI=1S/C24H18F4N4O2.C23H16F4N4O2.2CH4/c25-16-8-10-18(11-9-16)32-21(31-20-7-2-1-6-19(20)22(32)33)12-13-29-23(34)30-17-5-3-4-15(14-17)24(26,27)28;24-15-8-10-17(11-9-15)31-20(30-19-7-2-1-6-18(19)21(31)32)13-28-22(33)29-16-5-3-4-14(12-16)23(25,26)27;;/h1-11,14H,12-13H2,(H2,29,30,34);1-12H,13H2,(H2,28,29,33);2*1H4. The second kappa shape index (κ2) is 21.9. The lowest BCUT2D eigenvalue weighted by molar-refractivity contribution is -0.138. The number of fused-ring (bicyclic) bond motifs is 2. The first-order valence-electron chi connectivity index (χ1n) is 19.9. The molecule has 0 aliphatic rings. The van der Waals surface area contributed by atoms with Crippen molar-refractivity contribution >= 4 is 45.2 Å². The minimum absolute atomic E-state index is 0. The van der Waals surface area contributed by atoms with E-state index in [1.165, 1.54) is 81.9 Å². The molecule has 6 aromatic carbocycles. The molecule has 4 amide bonds. The van der Waals surface area contributed by atoms with Crippen LogP contribution in [-0.4, -0.2) is 37.7 Å². The number of halogens is 8. The van der Waals surface area contributed by atoms with Gasteiger partial charge >= 0.3 is 24.4 Å². The minimum Gasteiger partial charge on any atom is -0.337 e. The van der Waals surface area contributed by atoms with E-state index in [4.69, 9.17) is 0 Å². The zero-order valence-electron chi connectivity index (χ0n) is 34.4. The third kappa shape index (κ3) is 12.7. The molecule has 8 rings (SSSR count). The molecule has 2 heterocycles. The Hall–Kier alpha value is -8.42. The van der Waals surface area contributed by atoms with E-state index in [1.54, 1.807) is 48.5 Å². The molecular weight excluding hydrogens is 917 g/mol. The predicted molar refractivity (Wildman–Crippen MR) is 248 cm³/mol. The molecule has 0 unspecified atom stereocenters. The van der Waals surface area contributed by atoms with Crippen molar-refractivity contribution in [2.24, 2.45) is 0 Å². The summed E-state index contributed by atoms with van der Waals surface area (Å²) in [6, 6.07) is 30.9. The summed E-state index contributed by atoms with van der Waals surface area (Å²) in [6.45, 7) is -0.182. The fourth-order valence-corrected chi connectivity index (χ4v) is 6.70. The van der Waals surface area contributed by atoms with Crippen LogP contribution in [0.4, 0.5) is 56.1 Å². The van der Waals surface area contributed by atoms with E-state index in [2.05, 4.69) is 31.2 Å². The molecule has 0 atom stereocenters. The molecule has 4 N–H and O–H groups in total. The molecule has 0 saturated heterocycles. The van der Waals surface area contributed by atoms with Gasteiger partial charge in [0, 0.05) is 24.3 Å². The Balaban J connectivity index is 0.000000250. The highest BCUT2D eigenvalue weighted by molar-refractivity contribution is 5.90. The van der Waals surface area contributed by atoms with E-state index in [0.717, 1.165) is 24.3 Å². The van der Waals surface area contributed by atoms with E-state index < -0.39 is 52.7 Å². The highest BCUT2D eigenvalue weighted by Crippen LogP contribution is 2.32. The van der Waals surface area contributed by atoms with Gasteiger partial charge in [-0.3, -0.25) is 18.7 Å². The third-order valence-corrected chi connectivity index (χ3v) is 9.80. The van der Waals surface area contributed by atoms with Crippen LogP contribution >= 0.6 is 0 Å². The van der Waals surface area contributed by atoms with Gasteiger partial charge in [0.25, 0.3) is 11.1 Å². The van der Waals surface area contributed by atoms with Gasteiger partial charge in [0.05, 0.1) is 50.9 Å². The van der Waals surface area contributed by atoms with Crippen LogP contribution < -0.4 is 32.4 Å². The van der Waals surface area contributed by atoms with Crippen molar-refractivity contribution in [3.05, 3.63) is 201 Å². The maximum atomic E-state index is 13.4. The van der Waals surface area contributed by atoms with Crippen molar-refractivity contribution in [3.8, 4) is 11.4 Å². The molecule has 0 aliphatic carbocycles. The average Bonchev–Trinajstić information content (AvgIpc) is 3.29. The summed E-state index contributed by atoms with van der Waals surface area (Å²) in [6.07, 6.45) is -8.94. The number of hydrogen-bond acceptors (Lipinski definition) is 6. The van der Waals surface area contributed by atoms with E-state index in [9.17, 15) is 54.3 Å². The van der Waals surface area contributed by atoms with Crippen molar-refractivity contribution in [2.45, 2.75) is 40.2 Å². The molecule has 8 aromatic rings. The van der Waals surface area contributed by atoms with E-state index >= 15 is 0 Å². The number of carbonyl (C=O) groups is 2. The van der Waals surface area contributed by atoms with Crippen LogP contribution in [0.3, 0.4) is 0 Å². The Morgan fingerprint density at radius 1 is 0.507 bits per heavy atom. The SMILES string of the molecule is C.C.O=C(NCCc1nc2ccccc2c(=O)n1-c1ccc(F)cc1)Nc1cccc(C(F)(F)F)c1.O=C(NCc1nc2ccccc2c(=O)n1-c1ccc(F)cc1)Nc1cccc(C(F)(F)F)c1. The number of anilines is 2. The number of alkyl halides is 6. The predicted octanol–water partition coefficient (Wildman–Crippen LogP) is 11.0. The smallest absolute Gasteiger partial charge is 0.337 e. The first-order chi connectivity index (χ1) is 31.9. The van der Waals surface area contributed by atoms with Crippen molar-refractivity contribution in [2.75, 3.05) is 17.2 Å². The van der Waals surface area contributed by atoms with Crippen molar-refractivity contribution in [1.82, 2.24) is 29.7 Å². The van der Waals surface area contributed by atoms with Crippen LogP contribution in [-0.2, 0) is 25.3 Å². The van der Waals surface area contributed by atoms with Gasteiger partial charge in [0.1, 0.15) is 23.3 Å². The maximum Gasteiger partial charge on any atom is 0.416 e. The number of rotatable bonds is 9. The molecule has 0 fully saturated rings. The molecule has 0 bridgehead atoms. The van der Waals surface area contributed by atoms with Crippen molar-refractivity contribution in [3.63, 3.8) is 0 Å². The number of nitrogens with zero attached hydrogens (tertiary/aromatic N) is 4. The van der Waals surface area contributed by atoms with Crippen LogP contribution in [0.2, 0.25) is 0 Å². The summed E-state index contributed by atoms with van der Waals surface area (Å²) in [5, 5.41) is 10.4. The third-order valence-electron chi connectivity index (χ3n) is 9.80. The Bertz CT molecular complexity index is 3210. The quantitative estimate of drug-likeness (QED) is 0.106. The molecule has 0 spiro atoms. The van der Waals surface area contributed by atoms with Crippen LogP contribution in [0.1, 0.15) is 37.6 Å². The fraction of sp³-hybridized carbons (Fsp3) is 0.143. The number of aromatic nitrogens is 4. The number of para-hydroxylation sites is 2. The monoisotopic (exact) mass is 958 g/mol. The Labute approximate surface area is 388 Å². The van der Waals surface area contributed by atoms with Gasteiger partial charge in [-0.1, -0.05) is 51.3 Å². The van der Waals surface area contributed by atoms with Crippen LogP contribution in [0, 0.1) is 11.6 Å². The van der Waals surface area contributed by atoms with Gasteiger partial charge < -0.3 is 21.3 Å². The van der Waals surface area contributed by atoms with Crippen LogP contribution in [0.5, 0.6) is 0 Å². The second-order valence-electron chi connectivity index (χ2n) is 14.4. The first-order valence-corrected chi connectivity index (χ1v) is 19.9. The topological polar surface area (TPSA) is 152 Å². The van der Waals surface area contributed by atoms with Gasteiger partial charge in [-0.25, -0.2) is 28.3 Å². The lowest BCUT2D eigenvalue weighted by Gasteiger charge is -2.15. The summed E-state index contributed by atoms with van der Waals surface area (Å²) < 4.78 is 107. The Kier molecular flexibility index (Phi) is 16.4. The van der Waals surface area contributed by atoms with E-state index in [0.29, 0.717) is 39.0 Å². The zero-order valence-corrected chi connectivity index (χ0v) is 34.4. The largest absolute Gasteiger partial charge is 0.416 e. The summed E-state index contributed by atoms with van der Waals surface area (Å²) in [5.41, 5.74) is -0.990. The van der Waals surface area contributed by atoms with Crippen LogP contribution in [0.25, 0.3) is 33.2 Å². The van der Waals surface area contributed by atoms with Crippen molar-refractivity contribution < 1.29 is 44.7 Å². The van der Waals surface area contributed by atoms with Crippen molar-refractivity contribution in [1.29, 1.82) is 0 Å². The second-order valence-corrected chi connectivity index (χ2v) is 14.4. The summed E-state index contributed by atoms with van der Waals surface area (Å²) in [4.78, 5) is 59.7.